The number of nitrogens with one attached hydrogen (secondary N) is 2. The van der Waals surface area contributed by atoms with Crippen LogP contribution in [0.3, 0.4) is 0 Å². The van der Waals surface area contributed by atoms with Crippen LogP contribution in [-0.2, 0) is 14.3 Å². The van der Waals surface area contributed by atoms with Crippen molar-refractivity contribution >= 4 is 40.8 Å². The van der Waals surface area contributed by atoms with Gasteiger partial charge in [-0.25, -0.2) is 9.18 Å². The molecule has 2 rings (SSSR count). The summed E-state index contributed by atoms with van der Waals surface area (Å²) in [5.41, 5.74) is 0.963. The summed E-state index contributed by atoms with van der Waals surface area (Å²) >= 11 is 5.84. The Balaban J connectivity index is 1.97. The quantitative estimate of drug-likeness (QED) is 0.778. The van der Waals surface area contributed by atoms with Crippen LogP contribution in [0.1, 0.15) is 24.2 Å². The molecule has 1 atom stereocenters. The fourth-order valence-corrected chi connectivity index (χ4v) is 2.21. The highest BCUT2D eigenvalue weighted by atomic mass is 35.5. The number of rotatable bonds is 5. The highest BCUT2D eigenvalue weighted by molar-refractivity contribution is 6.33. The smallest absolute Gasteiger partial charge is 0.338 e. The van der Waals surface area contributed by atoms with Gasteiger partial charge in [0.2, 0.25) is 5.91 Å². The number of carbonyl (C=O) groups is 3. The lowest BCUT2D eigenvalue weighted by Crippen LogP contribution is -2.30. The second-order valence-electron chi connectivity index (χ2n) is 5.42. The molecular formula is C18H16ClFN2O4. The number of esters is 1. The highest BCUT2D eigenvalue weighted by Crippen LogP contribution is 2.22. The van der Waals surface area contributed by atoms with Crippen molar-refractivity contribution in [3.8, 4) is 0 Å². The van der Waals surface area contributed by atoms with Crippen molar-refractivity contribution in [1.29, 1.82) is 0 Å². The van der Waals surface area contributed by atoms with Gasteiger partial charge in [0.05, 0.1) is 16.3 Å². The average Bonchev–Trinajstić information content (AvgIpc) is 2.57. The van der Waals surface area contributed by atoms with Crippen LogP contribution in [0, 0.1) is 5.82 Å². The highest BCUT2D eigenvalue weighted by Gasteiger charge is 2.20. The largest absolute Gasteiger partial charge is 0.449 e. The molecule has 2 N–H and O–H groups in total. The molecule has 0 saturated heterocycles. The Morgan fingerprint density at radius 2 is 1.73 bits per heavy atom. The van der Waals surface area contributed by atoms with Crippen LogP contribution in [0.2, 0.25) is 5.02 Å². The molecule has 2 aromatic carbocycles. The van der Waals surface area contributed by atoms with E-state index in [-0.39, 0.29) is 22.2 Å². The minimum atomic E-state index is -1.10. The van der Waals surface area contributed by atoms with E-state index in [4.69, 9.17) is 16.3 Å². The Morgan fingerprint density at radius 1 is 1.08 bits per heavy atom. The van der Waals surface area contributed by atoms with Crippen molar-refractivity contribution < 1.29 is 23.5 Å². The summed E-state index contributed by atoms with van der Waals surface area (Å²) < 4.78 is 18.1. The molecule has 26 heavy (non-hydrogen) atoms. The van der Waals surface area contributed by atoms with Crippen LogP contribution >= 0.6 is 11.6 Å². The fourth-order valence-electron chi connectivity index (χ4n) is 2.00. The van der Waals surface area contributed by atoms with E-state index in [9.17, 15) is 18.8 Å². The average molecular weight is 379 g/mol. The van der Waals surface area contributed by atoms with Gasteiger partial charge in [0.25, 0.3) is 5.91 Å². The number of hydrogen-bond acceptors (Lipinski definition) is 4. The van der Waals surface area contributed by atoms with E-state index in [1.807, 2.05) is 0 Å². The Bertz CT molecular complexity index is 840. The van der Waals surface area contributed by atoms with E-state index in [0.29, 0.717) is 5.69 Å². The number of hydrogen-bond donors (Lipinski definition) is 2. The molecule has 6 nitrogen and oxygen atoms in total. The number of benzene rings is 2. The maximum Gasteiger partial charge on any atom is 0.338 e. The molecule has 2 amide bonds. The number of ether oxygens (including phenoxy) is 1. The monoisotopic (exact) mass is 378 g/mol. The van der Waals surface area contributed by atoms with Gasteiger partial charge in [0.15, 0.2) is 6.10 Å². The van der Waals surface area contributed by atoms with Crippen molar-refractivity contribution in [2.24, 2.45) is 0 Å². The molecule has 0 saturated carbocycles. The van der Waals surface area contributed by atoms with Crippen LogP contribution in [-0.4, -0.2) is 23.9 Å². The normalized spacial score (nSPS) is 11.4. The van der Waals surface area contributed by atoms with Crippen molar-refractivity contribution in [3.05, 3.63) is 58.9 Å². The van der Waals surface area contributed by atoms with E-state index in [1.54, 1.807) is 12.1 Å². The molecule has 0 fully saturated rings. The summed E-state index contributed by atoms with van der Waals surface area (Å²) in [5, 5.41) is 5.07. The van der Waals surface area contributed by atoms with Crippen molar-refractivity contribution in [1.82, 2.24) is 0 Å². The molecule has 0 aliphatic rings. The number of anilines is 2. The summed E-state index contributed by atoms with van der Waals surface area (Å²) in [6.45, 7) is 2.77. The van der Waals surface area contributed by atoms with Crippen LogP contribution < -0.4 is 10.6 Å². The first-order chi connectivity index (χ1) is 12.3. The first-order valence-corrected chi connectivity index (χ1v) is 7.98. The number of amides is 2. The van der Waals surface area contributed by atoms with Crippen molar-refractivity contribution in [2.45, 2.75) is 20.0 Å². The van der Waals surface area contributed by atoms with Gasteiger partial charge < -0.3 is 15.4 Å². The molecule has 0 aliphatic heterocycles. The Labute approximate surface area is 154 Å². The summed E-state index contributed by atoms with van der Waals surface area (Å²) in [6, 6.07) is 9.54. The lowest BCUT2D eigenvalue weighted by atomic mass is 10.2. The minimum Gasteiger partial charge on any atom is -0.449 e. The van der Waals surface area contributed by atoms with Gasteiger partial charge in [-0.2, -0.15) is 0 Å². The first kappa shape index (κ1) is 19.4. The molecule has 0 aromatic heterocycles. The summed E-state index contributed by atoms with van der Waals surface area (Å²) in [7, 11) is 0. The van der Waals surface area contributed by atoms with E-state index in [0.717, 1.165) is 12.1 Å². The van der Waals surface area contributed by atoms with Crippen molar-refractivity contribution in [2.75, 3.05) is 10.6 Å². The Morgan fingerprint density at radius 3 is 2.31 bits per heavy atom. The summed E-state index contributed by atoms with van der Waals surface area (Å²) in [4.78, 5) is 35.2. The predicted molar refractivity (Wildman–Crippen MR) is 95.7 cm³/mol. The maximum atomic E-state index is 13.0. The van der Waals surface area contributed by atoms with E-state index in [2.05, 4.69) is 10.6 Å². The summed E-state index contributed by atoms with van der Waals surface area (Å²) in [6.07, 6.45) is -1.10. The second-order valence-corrected chi connectivity index (χ2v) is 5.83. The molecule has 0 spiro atoms. The van der Waals surface area contributed by atoms with Gasteiger partial charge >= 0.3 is 5.97 Å². The van der Waals surface area contributed by atoms with Gasteiger partial charge in [0, 0.05) is 12.6 Å². The molecule has 0 aliphatic carbocycles. The molecule has 8 heteroatoms. The zero-order chi connectivity index (χ0) is 19.3. The minimum absolute atomic E-state index is 0.0328. The third-order valence-corrected chi connectivity index (χ3v) is 3.60. The lowest BCUT2D eigenvalue weighted by molar-refractivity contribution is -0.123. The third-order valence-electron chi connectivity index (χ3n) is 3.28. The number of halogens is 2. The Kier molecular flexibility index (Phi) is 6.30. The van der Waals surface area contributed by atoms with Crippen LogP contribution in [0.25, 0.3) is 0 Å². The van der Waals surface area contributed by atoms with Crippen molar-refractivity contribution in [3.63, 3.8) is 0 Å². The topological polar surface area (TPSA) is 84.5 Å². The Hall–Kier alpha value is -2.93. The van der Waals surface area contributed by atoms with Gasteiger partial charge in [0.1, 0.15) is 5.82 Å². The zero-order valence-electron chi connectivity index (χ0n) is 14.0. The lowest BCUT2D eigenvalue weighted by Gasteiger charge is -2.14. The molecule has 0 heterocycles. The van der Waals surface area contributed by atoms with Crippen LogP contribution in [0.5, 0.6) is 0 Å². The van der Waals surface area contributed by atoms with Gasteiger partial charge in [-0.1, -0.05) is 11.6 Å². The molecule has 0 bridgehead atoms. The number of carbonyl (C=O) groups excluding carboxylic acids is 3. The van der Waals surface area contributed by atoms with E-state index < -0.39 is 23.8 Å². The first-order valence-electron chi connectivity index (χ1n) is 7.61. The zero-order valence-corrected chi connectivity index (χ0v) is 14.8. The molecular weight excluding hydrogens is 363 g/mol. The van der Waals surface area contributed by atoms with Gasteiger partial charge in [-0.3, -0.25) is 9.59 Å². The third kappa shape index (κ3) is 5.29. The van der Waals surface area contributed by atoms with Gasteiger partial charge in [-0.05, 0) is 49.4 Å². The van der Waals surface area contributed by atoms with Crippen LogP contribution in [0.4, 0.5) is 15.8 Å². The maximum absolute atomic E-state index is 13.0. The second kappa shape index (κ2) is 8.44. The van der Waals surface area contributed by atoms with E-state index >= 15 is 0 Å². The molecule has 2 aromatic rings. The standard InChI is InChI=1S/C18H16ClFN2O4/c1-10(17(24)22-16-8-5-13(20)9-15(16)19)26-18(25)12-3-6-14(7-4-12)21-11(2)23/h3-10H,1-2H3,(H,21,23)(H,22,24)/t10-/m0/s1. The summed E-state index contributed by atoms with van der Waals surface area (Å²) in [5.74, 6) is -2.07. The SMILES string of the molecule is CC(=O)Nc1ccc(C(=O)O[C@@H](C)C(=O)Nc2ccc(F)cc2Cl)cc1. The predicted octanol–water partition coefficient (Wildman–Crippen LogP) is 3.62. The fraction of sp³-hybridized carbons (Fsp3) is 0.167. The molecule has 0 radical (unpaired) electrons. The van der Waals surface area contributed by atoms with E-state index in [1.165, 1.54) is 32.0 Å². The molecule has 0 unspecified atom stereocenters. The van der Waals surface area contributed by atoms with Gasteiger partial charge in [-0.15, -0.1) is 0 Å². The van der Waals surface area contributed by atoms with Crippen LogP contribution in [0.15, 0.2) is 42.5 Å². The molecule has 136 valence electrons.